The summed E-state index contributed by atoms with van der Waals surface area (Å²) in [5.74, 6) is -2.78. The van der Waals surface area contributed by atoms with Crippen LogP contribution in [0.4, 0.5) is 38.1 Å². The standard InChI is InChI=1S/C24H29F5N4O8S/c1-5-32-11-18(20(31-32)39-12-19(25)26)42(37,38)33-10-15(8-13(2)21(34)35)40-17-7-6-14(9-16(17)33)30-22(36)41-23(3,4)24(27,28)29/h6-7,9,11,13,15,19H,5,8,10,12H2,1-4H3,(H,30,36)(H,34,35). The van der Waals surface area contributed by atoms with Crippen LogP contribution in [0, 0.1) is 5.92 Å². The van der Waals surface area contributed by atoms with Crippen molar-refractivity contribution in [1.82, 2.24) is 9.78 Å². The van der Waals surface area contributed by atoms with Gasteiger partial charge in [-0.3, -0.25) is 19.1 Å². The number of anilines is 2. The molecule has 0 saturated carbocycles. The van der Waals surface area contributed by atoms with Gasteiger partial charge < -0.3 is 19.3 Å². The lowest BCUT2D eigenvalue weighted by Gasteiger charge is -2.36. The van der Waals surface area contributed by atoms with Crippen LogP contribution in [0.25, 0.3) is 0 Å². The van der Waals surface area contributed by atoms with E-state index in [4.69, 9.17) is 9.47 Å². The Hall–Kier alpha value is -3.83. The zero-order valence-corrected chi connectivity index (χ0v) is 23.6. The highest BCUT2D eigenvalue weighted by molar-refractivity contribution is 7.93. The Morgan fingerprint density at radius 2 is 1.93 bits per heavy atom. The minimum absolute atomic E-state index is 0.0696. The van der Waals surface area contributed by atoms with Crippen LogP contribution in [0.3, 0.4) is 0 Å². The number of sulfonamides is 1. The molecule has 0 saturated heterocycles. The molecule has 1 aromatic heterocycles. The fourth-order valence-corrected chi connectivity index (χ4v) is 5.33. The van der Waals surface area contributed by atoms with E-state index in [0.29, 0.717) is 13.8 Å². The van der Waals surface area contributed by atoms with Crippen molar-refractivity contribution in [2.75, 3.05) is 22.8 Å². The first kappa shape index (κ1) is 32.7. The van der Waals surface area contributed by atoms with Crippen LogP contribution < -0.4 is 19.1 Å². The van der Waals surface area contributed by atoms with E-state index in [0.717, 1.165) is 21.3 Å². The van der Waals surface area contributed by atoms with E-state index in [1.54, 1.807) is 6.92 Å². The number of carboxylic acid groups (broad SMARTS) is 1. The number of benzene rings is 1. The molecule has 18 heteroatoms. The zero-order valence-electron chi connectivity index (χ0n) is 22.8. The van der Waals surface area contributed by atoms with Crippen LogP contribution in [-0.2, 0) is 26.1 Å². The molecule has 1 aliphatic rings. The number of aromatic nitrogens is 2. The van der Waals surface area contributed by atoms with Crippen molar-refractivity contribution in [3.63, 3.8) is 0 Å². The molecular formula is C24H29F5N4O8S. The molecule has 12 nitrogen and oxygen atoms in total. The van der Waals surface area contributed by atoms with Crippen LogP contribution >= 0.6 is 0 Å². The number of carbonyl (C=O) groups excluding carboxylic acids is 1. The minimum Gasteiger partial charge on any atom is -0.486 e. The average Bonchev–Trinajstić information content (AvgIpc) is 3.30. The first-order valence-electron chi connectivity index (χ1n) is 12.5. The van der Waals surface area contributed by atoms with Crippen LogP contribution in [0.2, 0.25) is 0 Å². The predicted molar refractivity (Wildman–Crippen MR) is 136 cm³/mol. The smallest absolute Gasteiger partial charge is 0.427 e. The summed E-state index contributed by atoms with van der Waals surface area (Å²) in [5.41, 5.74) is -3.20. The van der Waals surface area contributed by atoms with E-state index in [1.807, 2.05) is 0 Å². The Morgan fingerprint density at radius 3 is 2.50 bits per heavy atom. The second-order valence-electron chi connectivity index (χ2n) is 9.81. The number of rotatable bonds is 11. The molecule has 2 atom stereocenters. The van der Waals surface area contributed by atoms with Gasteiger partial charge in [0, 0.05) is 18.4 Å². The average molecular weight is 629 g/mol. The quantitative estimate of drug-likeness (QED) is 0.343. The Bertz CT molecular complexity index is 1410. The molecule has 1 amide bonds. The molecule has 2 N–H and O–H groups in total. The van der Waals surface area contributed by atoms with Crippen molar-refractivity contribution in [2.45, 2.75) is 69.9 Å². The number of hydrogen-bond donors (Lipinski definition) is 2. The minimum atomic E-state index is -4.88. The topological polar surface area (TPSA) is 149 Å². The number of fused-ring (bicyclic) bond motifs is 1. The number of ether oxygens (including phenoxy) is 3. The number of nitrogens with one attached hydrogen (secondary N) is 1. The van der Waals surface area contributed by atoms with Crippen molar-refractivity contribution in [1.29, 1.82) is 0 Å². The molecule has 0 fully saturated rings. The van der Waals surface area contributed by atoms with E-state index in [1.165, 1.54) is 19.1 Å². The van der Waals surface area contributed by atoms with Gasteiger partial charge in [-0.15, -0.1) is 5.10 Å². The molecule has 1 aliphatic heterocycles. The van der Waals surface area contributed by atoms with Crippen molar-refractivity contribution in [2.24, 2.45) is 5.92 Å². The van der Waals surface area contributed by atoms with E-state index in [9.17, 15) is 45.1 Å². The monoisotopic (exact) mass is 628 g/mol. The van der Waals surface area contributed by atoms with Crippen LogP contribution in [0.5, 0.6) is 11.6 Å². The van der Waals surface area contributed by atoms with Crippen molar-refractivity contribution < 1.29 is 59.3 Å². The van der Waals surface area contributed by atoms with Gasteiger partial charge in [0.2, 0.25) is 5.60 Å². The molecule has 0 radical (unpaired) electrons. The Morgan fingerprint density at radius 1 is 1.26 bits per heavy atom. The highest BCUT2D eigenvalue weighted by Gasteiger charge is 2.51. The number of hydrogen-bond acceptors (Lipinski definition) is 8. The number of alkyl halides is 5. The van der Waals surface area contributed by atoms with Gasteiger partial charge in [-0.25, -0.2) is 22.0 Å². The number of nitrogens with zero attached hydrogens (tertiary/aromatic N) is 3. The summed E-state index contributed by atoms with van der Waals surface area (Å²) in [7, 11) is -4.67. The number of halogens is 5. The molecule has 0 spiro atoms. The normalized spacial score (nSPS) is 16.4. The molecule has 2 unspecified atom stereocenters. The molecular weight excluding hydrogens is 599 g/mol. The third kappa shape index (κ3) is 7.32. The highest BCUT2D eigenvalue weighted by atomic mass is 32.2. The third-order valence-corrected chi connectivity index (χ3v) is 7.90. The predicted octanol–water partition coefficient (Wildman–Crippen LogP) is 4.50. The number of carboxylic acids is 1. The van der Waals surface area contributed by atoms with Gasteiger partial charge in [0.1, 0.15) is 11.9 Å². The molecule has 0 aliphatic carbocycles. The molecule has 2 heterocycles. The Labute approximate surface area is 237 Å². The molecule has 0 bridgehead atoms. The van der Waals surface area contributed by atoms with E-state index in [-0.39, 0.29) is 30.1 Å². The van der Waals surface area contributed by atoms with Gasteiger partial charge in [0.05, 0.1) is 18.2 Å². The van der Waals surface area contributed by atoms with Gasteiger partial charge in [0.25, 0.3) is 22.3 Å². The van der Waals surface area contributed by atoms with Gasteiger partial charge in [-0.1, -0.05) is 6.92 Å². The maximum atomic E-state index is 13.9. The summed E-state index contributed by atoms with van der Waals surface area (Å²) >= 11 is 0. The number of amides is 1. The van der Waals surface area contributed by atoms with Crippen molar-refractivity contribution >= 4 is 33.5 Å². The largest absolute Gasteiger partial charge is 0.486 e. The summed E-state index contributed by atoms with van der Waals surface area (Å²) in [6.45, 7) is 2.85. The molecule has 42 heavy (non-hydrogen) atoms. The second kappa shape index (κ2) is 12.2. The zero-order chi connectivity index (χ0) is 31.6. The maximum Gasteiger partial charge on any atom is 0.427 e. The molecule has 234 valence electrons. The maximum absolute atomic E-state index is 13.9. The van der Waals surface area contributed by atoms with E-state index >= 15 is 0 Å². The van der Waals surface area contributed by atoms with Crippen LogP contribution in [0.1, 0.15) is 34.1 Å². The van der Waals surface area contributed by atoms with Crippen molar-refractivity contribution in [3.8, 4) is 11.6 Å². The SMILES string of the molecule is CCn1cc(S(=O)(=O)N2CC(CC(C)C(=O)O)Oc3ccc(NC(=O)OC(C)(C)C(F)(F)F)cc32)c(OCC(F)F)n1. The lowest BCUT2D eigenvalue weighted by molar-refractivity contribution is -0.242. The fraction of sp³-hybridized carbons (Fsp3) is 0.542. The highest BCUT2D eigenvalue weighted by Crippen LogP contribution is 2.41. The van der Waals surface area contributed by atoms with Crippen LogP contribution in [0.15, 0.2) is 29.3 Å². The molecule has 1 aromatic carbocycles. The first-order chi connectivity index (χ1) is 19.4. The molecule has 3 rings (SSSR count). The van der Waals surface area contributed by atoms with Gasteiger partial charge in [-0.2, -0.15) is 13.2 Å². The lowest BCUT2D eigenvalue weighted by atomic mass is 10.0. The van der Waals surface area contributed by atoms with Gasteiger partial charge >= 0.3 is 18.2 Å². The summed E-state index contributed by atoms with van der Waals surface area (Å²) in [6.07, 6.45) is -9.34. The number of aliphatic carboxylic acids is 1. The Kier molecular flexibility index (Phi) is 9.48. The van der Waals surface area contributed by atoms with Crippen molar-refractivity contribution in [3.05, 3.63) is 24.4 Å². The summed E-state index contributed by atoms with van der Waals surface area (Å²) in [6, 6.07) is 3.53. The summed E-state index contributed by atoms with van der Waals surface area (Å²) < 4.78 is 110. The lowest BCUT2D eigenvalue weighted by Crippen LogP contribution is -2.45. The van der Waals surface area contributed by atoms with Gasteiger partial charge in [-0.05, 0) is 45.4 Å². The van der Waals surface area contributed by atoms with Crippen LogP contribution in [-0.4, -0.2) is 72.8 Å². The fourth-order valence-electron chi connectivity index (χ4n) is 3.75. The molecule has 2 aromatic rings. The third-order valence-electron chi connectivity index (χ3n) is 6.14. The first-order valence-corrected chi connectivity index (χ1v) is 13.9. The van der Waals surface area contributed by atoms with E-state index < -0.39 is 76.2 Å². The Balaban J connectivity index is 2.04. The number of aryl methyl sites for hydroxylation is 1. The van der Waals surface area contributed by atoms with E-state index in [2.05, 4.69) is 15.2 Å². The van der Waals surface area contributed by atoms with Gasteiger partial charge in [0.15, 0.2) is 11.5 Å². The second-order valence-corrected chi connectivity index (χ2v) is 11.6. The number of carbonyl (C=O) groups is 2. The summed E-state index contributed by atoms with van der Waals surface area (Å²) in [5, 5.41) is 15.3. The summed E-state index contributed by atoms with van der Waals surface area (Å²) in [4.78, 5) is 23.1.